The molecule has 0 bridgehead atoms. The second kappa shape index (κ2) is 7.51. The summed E-state index contributed by atoms with van der Waals surface area (Å²) in [5, 5.41) is 9.22. The average molecular weight is 344 g/mol. The summed E-state index contributed by atoms with van der Waals surface area (Å²) in [4.78, 5) is 18.2. The Balaban J connectivity index is 1.61. The molecule has 2 fully saturated rings. The van der Waals surface area contributed by atoms with E-state index in [-0.39, 0.29) is 11.7 Å². The van der Waals surface area contributed by atoms with Gasteiger partial charge in [-0.3, -0.25) is 14.6 Å². The molecule has 134 valence electrons. The van der Waals surface area contributed by atoms with Gasteiger partial charge in [0.1, 0.15) is 5.82 Å². The molecule has 1 aromatic rings. The van der Waals surface area contributed by atoms with Crippen molar-refractivity contribution in [1.82, 2.24) is 14.7 Å². The lowest BCUT2D eigenvalue weighted by molar-refractivity contribution is -0.130. The molecule has 1 amide bonds. The predicted molar refractivity (Wildman–Crippen MR) is 93.2 cm³/mol. The Bertz CT molecular complexity index is 678. The van der Waals surface area contributed by atoms with Gasteiger partial charge in [-0.25, -0.2) is 4.39 Å². The number of halogens is 1. The fraction of sp³-hybridized carbons (Fsp3) is 0.579. The number of rotatable bonds is 3. The van der Waals surface area contributed by atoms with Gasteiger partial charge in [-0.2, -0.15) is 5.26 Å². The van der Waals surface area contributed by atoms with Crippen LogP contribution >= 0.6 is 0 Å². The number of nitriles is 1. The van der Waals surface area contributed by atoms with E-state index in [0.29, 0.717) is 24.1 Å². The van der Waals surface area contributed by atoms with Gasteiger partial charge in [-0.15, -0.1) is 0 Å². The first-order chi connectivity index (χ1) is 12.0. The smallest absolute Gasteiger partial charge is 0.219 e. The molecule has 25 heavy (non-hydrogen) atoms. The second-order valence-electron chi connectivity index (χ2n) is 7.19. The molecular formula is C19H25FN4O. The number of amides is 1. The number of hydrogen-bond donors (Lipinski definition) is 0. The van der Waals surface area contributed by atoms with Crippen LogP contribution in [0.2, 0.25) is 0 Å². The summed E-state index contributed by atoms with van der Waals surface area (Å²) in [6, 6.07) is 7.03. The molecule has 0 saturated carbocycles. The minimum Gasteiger partial charge on any atom is -0.340 e. The molecule has 6 heteroatoms. The zero-order valence-electron chi connectivity index (χ0n) is 14.9. The number of hydrogen-bond acceptors (Lipinski definition) is 4. The Hall–Kier alpha value is -1.97. The van der Waals surface area contributed by atoms with E-state index < -0.39 is 0 Å². The van der Waals surface area contributed by atoms with Crippen LogP contribution in [0.1, 0.15) is 25.0 Å². The molecule has 2 aliphatic heterocycles. The maximum Gasteiger partial charge on any atom is 0.219 e. The van der Waals surface area contributed by atoms with Crippen LogP contribution in [-0.2, 0) is 11.3 Å². The largest absolute Gasteiger partial charge is 0.340 e. The van der Waals surface area contributed by atoms with E-state index in [9.17, 15) is 14.4 Å². The van der Waals surface area contributed by atoms with Crippen molar-refractivity contribution in [1.29, 1.82) is 5.26 Å². The van der Waals surface area contributed by atoms with Crippen molar-refractivity contribution in [3.05, 3.63) is 35.1 Å². The number of piperazine rings is 1. The SMILES string of the molecule is CC(=O)N1CCN([C@H]2CN(Cc3ccc(F)cc3C#N)C[C@@H]2C)CC1. The van der Waals surface area contributed by atoms with Gasteiger partial charge in [-0.1, -0.05) is 13.0 Å². The molecule has 2 saturated heterocycles. The molecule has 1 aromatic carbocycles. The van der Waals surface area contributed by atoms with Gasteiger partial charge in [0.2, 0.25) is 5.91 Å². The van der Waals surface area contributed by atoms with Gasteiger partial charge in [0.05, 0.1) is 11.6 Å². The predicted octanol–water partition coefficient (Wildman–Crippen LogP) is 1.68. The highest BCUT2D eigenvalue weighted by atomic mass is 19.1. The minimum atomic E-state index is -0.365. The maximum atomic E-state index is 13.3. The van der Waals surface area contributed by atoms with Crippen molar-refractivity contribution in [2.45, 2.75) is 26.4 Å². The quantitative estimate of drug-likeness (QED) is 0.837. The Morgan fingerprint density at radius 2 is 2.00 bits per heavy atom. The molecule has 0 aliphatic carbocycles. The van der Waals surface area contributed by atoms with Crippen molar-refractivity contribution in [2.75, 3.05) is 39.3 Å². The highest BCUT2D eigenvalue weighted by Gasteiger charge is 2.35. The molecule has 0 radical (unpaired) electrons. The first-order valence-corrected chi connectivity index (χ1v) is 8.88. The van der Waals surface area contributed by atoms with Crippen LogP contribution in [0.3, 0.4) is 0 Å². The number of nitrogens with zero attached hydrogens (tertiary/aromatic N) is 4. The van der Waals surface area contributed by atoms with Crippen molar-refractivity contribution in [2.24, 2.45) is 5.92 Å². The summed E-state index contributed by atoms with van der Waals surface area (Å²) in [6.45, 7) is 9.93. The lowest BCUT2D eigenvalue weighted by Crippen LogP contribution is -2.53. The summed E-state index contributed by atoms with van der Waals surface area (Å²) >= 11 is 0. The molecule has 2 heterocycles. The molecule has 0 unspecified atom stereocenters. The zero-order chi connectivity index (χ0) is 18.0. The summed E-state index contributed by atoms with van der Waals surface area (Å²) in [5.74, 6) is 0.326. The zero-order valence-corrected chi connectivity index (χ0v) is 14.9. The van der Waals surface area contributed by atoms with Gasteiger partial charge >= 0.3 is 0 Å². The Labute approximate surface area is 148 Å². The number of carbonyl (C=O) groups is 1. The van der Waals surface area contributed by atoms with Gasteiger partial charge < -0.3 is 4.90 Å². The third-order valence-electron chi connectivity index (χ3n) is 5.46. The van der Waals surface area contributed by atoms with E-state index in [1.807, 2.05) is 4.90 Å². The number of benzene rings is 1. The fourth-order valence-electron chi connectivity index (χ4n) is 4.05. The molecular weight excluding hydrogens is 319 g/mol. The van der Waals surface area contributed by atoms with Crippen molar-refractivity contribution in [3.8, 4) is 6.07 Å². The first-order valence-electron chi connectivity index (χ1n) is 8.88. The first kappa shape index (κ1) is 17.8. The van der Waals surface area contributed by atoms with Gasteiger partial charge in [0.25, 0.3) is 0 Å². The van der Waals surface area contributed by atoms with E-state index in [2.05, 4.69) is 22.8 Å². The van der Waals surface area contributed by atoms with E-state index in [1.165, 1.54) is 12.1 Å². The molecule has 2 aliphatic rings. The van der Waals surface area contributed by atoms with Crippen LogP contribution < -0.4 is 0 Å². The molecule has 0 aromatic heterocycles. The Morgan fingerprint density at radius 1 is 1.28 bits per heavy atom. The maximum absolute atomic E-state index is 13.3. The van der Waals surface area contributed by atoms with Crippen LogP contribution in [0, 0.1) is 23.1 Å². The number of carbonyl (C=O) groups excluding carboxylic acids is 1. The van der Waals surface area contributed by atoms with Crippen LogP contribution in [0.5, 0.6) is 0 Å². The second-order valence-corrected chi connectivity index (χ2v) is 7.19. The lowest BCUT2D eigenvalue weighted by atomic mass is 10.0. The molecule has 0 spiro atoms. The van der Waals surface area contributed by atoms with Crippen LogP contribution in [0.15, 0.2) is 18.2 Å². The fourth-order valence-corrected chi connectivity index (χ4v) is 4.05. The summed E-state index contributed by atoms with van der Waals surface area (Å²) in [5.41, 5.74) is 1.31. The van der Waals surface area contributed by atoms with Crippen molar-refractivity contribution >= 4 is 5.91 Å². The third-order valence-corrected chi connectivity index (χ3v) is 5.46. The average Bonchev–Trinajstić information content (AvgIpc) is 2.97. The Morgan fingerprint density at radius 3 is 2.64 bits per heavy atom. The normalized spacial score (nSPS) is 25.1. The molecule has 5 nitrogen and oxygen atoms in total. The molecule has 0 N–H and O–H groups in total. The van der Waals surface area contributed by atoms with Gasteiger partial charge in [0.15, 0.2) is 0 Å². The van der Waals surface area contributed by atoms with E-state index in [4.69, 9.17) is 0 Å². The molecule has 3 rings (SSSR count). The van der Waals surface area contributed by atoms with E-state index in [0.717, 1.165) is 44.8 Å². The monoisotopic (exact) mass is 344 g/mol. The number of likely N-dealkylation sites (tertiary alicyclic amines) is 1. The summed E-state index contributed by atoms with van der Waals surface area (Å²) in [7, 11) is 0. The van der Waals surface area contributed by atoms with E-state index >= 15 is 0 Å². The van der Waals surface area contributed by atoms with Crippen LogP contribution in [0.4, 0.5) is 4.39 Å². The standard InChI is InChI=1S/C19H25FN4O/c1-14-11-22(12-16-3-4-18(20)9-17(16)10-21)13-19(14)24-7-5-23(6-8-24)15(2)25/h3-4,9,14,19H,5-8,11-13H2,1-2H3/t14-,19-/m0/s1. The van der Waals surface area contributed by atoms with Gasteiger partial charge in [-0.05, 0) is 23.6 Å². The van der Waals surface area contributed by atoms with Crippen LogP contribution in [-0.4, -0.2) is 65.9 Å². The van der Waals surface area contributed by atoms with E-state index in [1.54, 1.807) is 13.0 Å². The minimum absolute atomic E-state index is 0.154. The topological polar surface area (TPSA) is 50.6 Å². The Kier molecular flexibility index (Phi) is 5.36. The van der Waals surface area contributed by atoms with Crippen LogP contribution in [0.25, 0.3) is 0 Å². The third kappa shape index (κ3) is 4.00. The lowest BCUT2D eigenvalue weighted by Gasteiger charge is -2.39. The van der Waals surface area contributed by atoms with Gasteiger partial charge in [0, 0.05) is 58.8 Å². The molecule has 2 atom stereocenters. The van der Waals surface area contributed by atoms with Crippen molar-refractivity contribution in [3.63, 3.8) is 0 Å². The summed E-state index contributed by atoms with van der Waals surface area (Å²) in [6.07, 6.45) is 0. The highest BCUT2D eigenvalue weighted by Crippen LogP contribution is 2.25. The highest BCUT2D eigenvalue weighted by molar-refractivity contribution is 5.73. The summed E-state index contributed by atoms with van der Waals surface area (Å²) < 4.78 is 13.3. The van der Waals surface area contributed by atoms with Crippen molar-refractivity contribution < 1.29 is 9.18 Å².